The Balaban J connectivity index is 1.77. The molecule has 0 spiro atoms. The van der Waals surface area contributed by atoms with Crippen molar-refractivity contribution in [3.8, 4) is 5.75 Å². The van der Waals surface area contributed by atoms with Gasteiger partial charge in [0.2, 0.25) is 0 Å². The van der Waals surface area contributed by atoms with Crippen LogP contribution in [0.25, 0.3) is 10.9 Å². The lowest BCUT2D eigenvalue weighted by atomic mass is 9.73. The van der Waals surface area contributed by atoms with E-state index in [2.05, 4.69) is 22.5 Å². The third-order valence-electron chi connectivity index (χ3n) is 6.38. The molecule has 6 nitrogen and oxygen atoms in total. The number of ether oxygens (including phenoxy) is 2. The first-order valence-electron chi connectivity index (χ1n) is 10.2. The number of pyridine rings is 1. The number of aliphatic hydroxyl groups excluding tert-OH is 1. The van der Waals surface area contributed by atoms with Gasteiger partial charge in [-0.1, -0.05) is 6.08 Å². The van der Waals surface area contributed by atoms with E-state index in [-0.39, 0.29) is 6.04 Å². The van der Waals surface area contributed by atoms with Crippen LogP contribution in [0.1, 0.15) is 31.4 Å². The second kappa shape index (κ2) is 8.13. The highest BCUT2D eigenvalue weighted by molar-refractivity contribution is 5.84. The van der Waals surface area contributed by atoms with E-state index in [0.29, 0.717) is 11.8 Å². The van der Waals surface area contributed by atoms with Crippen LogP contribution in [0.3, 0.4) is 0 Å². The van der Waals surface area contributed by atoms with Gasteiger partial charge in [-0.25, -0.2) is 4.79 Å². The largest absolute Gasteiger partial charge is 0.497 e. The minimum atomic E-state index is -1.17. The van der Waals surface area contributed by atoms with Gasteiger partial charge in [-0.15, -0.1) is 6.58 Å². The van der Waals surface area contributed by atoms with Gasteiger partial charge in [0.15, 0.2) is 0 Å². The second-order valence-corrected chi connectivity index (χ2v) is 8.06. The monoisotopic (exact) mass is 396 g/mol. The summed E-state index contributed by atoms with van der Waals surface area (Å²) in [7, 11) is 1.63. The van der Waals surface area contributed by atoms with E-state index in [4.69, 9.17) is 9.47 Å². The number of hydrogen-bond donors (Lipinski definition) is 1. The molecule has 1 N–H and O–H groups in total. The van der Waals surface area contributed by atoms with Gasteiger partial charge in [0.05, 0.1) is 18.7 Å². The lowest BCUT2D eigenvalue weighted by Gasteiger charge is -2.51. The number of esters is 1. The normalized spacial score (nSPS) is 28.0. The van der Waals surface area contributed by atoms with Crippen LogP contribution in [0.2, 0.25) is 0 Å². The Morgan fingerprint density at radius 2 is 2.24 bits per heavy atom. The molecule has 0 amide bonds. The zero-order valence-corrected chi connectivity index (χ0v) is 17.0. The molecule has 0 aliphatic carbocycles. The van der Waals surface area contributed by atoms with E-state index < -0.39 is 18.2 Å². The molecule has 2 unspecified atom stereocenters. The molecular formula is C23H28N2O4. The van der Waals surface area contributed by atoms with Gasteiger partial charge >= 0.3 is 5.97 Å². The summed E-state index contributed by atoms with van der Waals surface area (Å²) in [5.41, 5.74) is 1.72. The van der Waals surface area contributed by atoms with Crippen molar-refractivity contribution in [2.24, 2.45) is 11.8 Å². The maximum absolute atomic E-state index is 12.4. The zero-order valence-electron chi connectivity index (χ0n) is 17.0. The van der Waals surface area contributed by atoms with Crippen molar-refractivity contribution in [1.29, 1.82) is 0 Å². The first-order chi connectivity index (χ1) is 14.0. The summed E-state index contributed by atoms with van der Waals surface area (Å²) in [5.74, 6) is 1.13. The first kappa shape index (κ1) is 19.9. The SMILES string of the molecule is C=C[C@H]1CN2CC[C@H]1C[C@H]2[C@H](OC(=O)C(C)O)c1ccnc2ccc(OC)cc12. The van der Waals surface area contributed by atoms with Gasteiger partial charge in [0, 0.05) is 23.7 Å². The summed E-state index contributed by atoms with van der Waals surface area (Å²) in [4.78, 5) is 19.3. The maximum Gasteiger partial charge on any atom is 0.335 e. The van der Waals surface area contributed by atoms with Gasteiger partial charge in [-0.05, 0) is 62.4 Å². The van der Waals surface area contributed by atoms with Crippen molar-refractivity contribution < 1.29 is 19.4 Å². The molecule has 5 rings (SSSR count). The number of fused-ring (bicyclic) bond motifs is 4. The third-order valence-corrected chi connectivity index (χ3v) is 6.38. The maximum atomic E-state index is 12.4. The standard InChI is InChI=1S/C23H28N2O4/c1-4-15-13-25-10-8-16(15)11-21(25)22(29-23(27)14(2)26)18-7-9-24-20-6-5-17(28-3)12-19(18)20/h4-7,9,12,14-16,21-22,26H,1,8,10-11,13H2,2-3H3/t14?,15-,16-,21-,22+/m0/s1. The Hall–Kier alpha value is -2.44. The number of aliphatic hydroxyl groups is 1. The van der Waals surface area contributed by atoms with Crippen molar-refractivity contribution >= 4 is 16.9 Å². The molecule has 4 heterocycles. The molecular weight excluding hydrogens is 368 g/mol. The molecule has 3 aliphatic rings. The smallest absolute Gasteiger partial charge is 0.335 e. The fraction of sp³-hybridized carbons (Fsp3) is 0.478. The average molecular weight is 396 g/mol. The number of nitrogens with zero attached hydrogens (tertiary/aromatic N) is 2. The number of aromatic nitrogens is 1. The number of carbonyl (C=O) groups excluding carboxylic acids is 1. The van der Waals surface area contributed by atoms with Crippen molar-refractivity contribution in [2.75, 3.05) is 20.2 Å². The molecule has 6 atom stereocenters. The summed E-state index contributed by atoms with van der Waals surface area (Å²) in [6.45, 7) is 7.34. The Morgan fingerprint density at radius 3 is 2.90 bits per heavy atom. The van der Waals surface area contributed by atoms with E-state index in [9.17, 15) is 9.90 Å². The number of benzene rings is 1. The number of carbonyl (C=O) groups is 1. The molecule has 3 fully saturated rings. The van der Waals surface area contributed by atoms with Crippen molar-refractivity contribution in [3.63, 3.8) is 0 Å². The Labute approximate surface area is 171 Å². The molecule has 2 aromatic rings. The summed E-state index contributed by atoms with van der Waals surface area (Å²) in [6.07, 6.45) is 4.21. The number of piperidine rings is 3. The molecule has 3 saturated heterocycles. The van der Waals surface area contributed by atoms with Crippen LogP contribution in [0.15, 0.2) is 43.1 Å². The van der Waals surface area contributed by atoms with Gasteiger partial charge in [-0.2, -0.15) is 0 Å². The molecule has 0 radical (unpaired) electrons. The van der Waals surface area contributed by atoms with Crippen molar-refractivity contribution in [3.05, 3.63) is 48.7 Å². The summed E-state index contributed by atoms with van der Waals surface area (Å²) < 4.78 is 11.3. The first-order valence-corrected chi connectivity index (χ1v) is 10.2. The van der Waals surface area contributed by atoms with E-state index in [1.54, 1.807) is 13.3 Å². The molecule has 1 aromatic heterocycles. The van der Waals surface area contributed by atoms with Crippen LogP contribution in [0.5, 0.6) is 5.75 Å². The van der Waals surface area contributed by atoms with Crippen molar-refractivity contribution in [1.82, 2.24) is 9.88 Å². The topological polar surface area (TPSA) is 71.9 Å². The van der Waals surface area contributed by atoms with Gasteiger partial charge in [-0.3, -0.25) is 9.88 Å². The van der Waals surface area contributed by atoms with Crippen LogP contribution in [0.4, 0.5) is 0 Å². The fourth-order valence-corrected chi connectivity index (χ4v) is 4.79. The lowest BCUT2D eigenvalue weighted by Crippen LogP contribution is -2.55. The van der Waals surface area contributed by atoms with Gasteiger partial charge < -0.3 is 14.6 Å². The van der Waals surface area contributed by atoms with Crippen LogP contribution in [-0.4, -0.2) is 53.3 Å². The summed E-state index contributed by atoms with van der Waals surface area (Å²) in [6, 6.07) is 7.69. The van der Waals surface area contributed by atoms with Crippen molar-refractivity contribution in [2.45, 2.75) is 38.0 Å². The minimum absolute atomic E-state index is 0.0597. The number of rotatable bonds is 6. The molecule has 3 aliphatic heterocycles. The van der Waals surface area contributed by atoms with Crippen LogP contribution < -0.4 is 4.74 Å². The third kappa shape index (κ3) is 3.74. The van der Waals surface area contributed by atoms with E-state index in [1.807, 2.05) is 24.3 Å². The minimum Gasteiger partial charge on any atom is -0.497 e. The Bertz CT molecular complexity index is 913. The molecule has 6 heteroatoms. The average Bonchev–Trinajstić information content (AvgIpc) is 2.76. The predicted molar refractivity (Wildman–Crippen MR) is 111 cm³/mol. The summed E-state index contributed by atoms with van der Waals surface area (Å²) >= 11 is 0. The van der Waals surface area contributed by atoms with Gasteiger partial charge in [0.25, 0.3) is 0 Å². The molecule has 2 bridgehead atoms. The van der Waals surface area contributed by atoms with Crippen LogP contribution >= 0.6 is 0 Å². The summed E-state index contributed by atoms with van der Waals surface area (Å²) in [5, 5.41) is 10.7. The highest BCUT2D eigenvalue weighted by atomic mass is 16.6. The van der Waals surface area contributed by atoms with E-state index in [1.165, 1.54) is 6.92 Å². The Morgan fingerprint density at radius 1 is 1.41 bits per heavy atom. The predicted octanol–water partition coefficient (Wildman–Crippen LogP) is 3.10. The van der Waals surface area contributed by atoms with Crippen LogP contribution in [-0.2, 0) is 9.53 Å². The van der Waals surface area contributed by atoms with E-state index >= 15 is 0 Å². The lowest BCUT2D eigenvalue weighted by molar-refractivity contribution is -0.166. The highest BCUT2D eigenvalue weighted by Crippen LogP contribution is 2.43. The molecule has 29 heavy (non-hydrogen) atoms. The van der Waals surface area contributed by atoms with Crippen LogP contribution in [0, 0.1) is 11.8 Å². The quantitative estimate of drug-likeness (QED) is 0.598. The number of methoxy groups -OCH3 is 1. The highest BCUT2D eigenvalue weighted by Gasteiger charge is 2.44. The zero-order chi connectivity index (χ0) is 20.5. The molecule has 0 saturated carbocycles. The van der Waals surface area contributed by atoms with Gasteiger partial charge in [0.1, 0.15) is 18.0 Å². The van der Waals surface area contributed by atoms with E-state index in [0.717, 1.165) is 48.1 Å². The molecule has 154 valence electrons. The fourth-order valence-electron chi connectivity index (χ4n) is 4.79. The Kier molecular flexibility index (Phi) is 5.56. The second-order valence-electron chi connectivity index (χ2n) is 8.06. The number of hydrogen-bond acceptors (Lipinski definition) is 6. The molecule has 1 aromatic carbocycles.